The lowest BCUT2D eigenvalue weighted by Crippen LogP contribution is -2.65. The van der Waals surface area contributed by atoms with E-state index in [1.54, 1.807) is 19.1 Å². The van der Waals surface area contributed by atoms with Crippen LogP contribution in [0.2, 0.25) is 0 Å². The van der Waals surface area contributed by atoms with Gasteiger partial charge in [-0.15, -0.1) is 0 Å². The Kier molecular flexibility index (Phi) is 3.55. The summed E-state index contributed by atoms with van der Waals surface area (Å²) in [6.07, 6.45) is 0.514. The van der Waals surface area contributed by atoms with Crippen molar-refractivity contribution in [3.63, 3.8) is 0 Å². The normalized spacial score (nSPS) is 23.4. The molecule has 0 aliphatic carbocycles. The van der Waals surface area contributed by atoms with Crippen molar-refractivity contribution in [2.75, 3.05) is 6.54 Å². The number of hydrogen-bond acceptors (Lipinski definition) is 2. The second-order valence-electron chi connectivity index (χ2n) is 4.92. The minimum Gasteiger partial charge on any atom is -0.345 e. The standard InChI is InChI=1S/C14H17FN2O2/c1-3-14(2)13(19)16-8-12(18)17(14)9-10-5-4-6-11(15)7-10/h4-7H,3,8-9H2,1-2H3,(H,16,19). The monoisotopic (exact) mass is 264 g/mol. The lowest BCUT2D eigenvalue weighted by atomic mass is 9.92. The molecule has 1 aromatic carbocycles. The van der Waals surface area contributed by atoms with Gasteiger partial charge in [-0.1, -0.05) is 19.1 Å². The molecule has 1 saturated heterocycles. The van der Waals surface area contributed by atoms with Gasteiger partial charge in [0.2, 0.25) is 11.8 Å². The third-order valence-electron chi connectivity index (χ3n) is 3.70. The van der Waals surface area contributed by atoms with Crippen LogP contribution in [0.3, 0.4) is 0 Å². The molecule has 1 fully saturated rings. The van der Waals surface area contributed by atoms with Crippen LogP contribution in [-0.2, 0) is 16.1 Å². The van der Waals surface area contributed by atoms with Gasteiger partial charge < -0.3 is 10.2 Å². The summed E-state index contributed by atoms with van der Waals surface area (Å²) in [5, 5.41) is 2.60. The van der Waals surface area contributed by atoms with Crippen LogP contribution >= 0.6 is 0 Å². The zero-order valence-electron chi connectivity index (χ0n) is 11.1. The van der Waals surface area contributed by atoms with Gasteiger partial charge in [0.05, 0.1) is 6.54 Å². The maximum Gasteiger partial charge on any atom is 0.246 e. The molecule has 0 saturated carbocycles. The van der Waals surface area contributed by atoms with Crippen LogP contribution < -0.4 is 5.32 Å². The molecule has 1 N–H and O–H groups in total. The Balaban J connectivity index is 2.29. The molecule has 0 aromatic heterocycles. The molecular weight excluding hydrogens is 247 g/mol. The van der Waals surface area contributed by atoms with Crippen LogP contribution in [0.25, 0.3) is 0 Å². The fraction of sp³-hybridized carbons (Fsp3) is 0.429. The van der Waals surface area contributed by atoms with Gasteiger partial charge in [0.1, 0.15) is 11.4 Å². The molecule has 19 heavy (non-hydrogen) atoms. The first kappa shape index (κ1) is 13.5. The zero-order chi connectivity index (χ0) is 14.0. The first-order chi connectivity index (χ1) is 8.97. The summed E-state index contributed by atoms with van der Waals surface area (Å²) in [5.41, 5.74) is -0.190. The molecule has 1 heterocycles. The quantitative estimate of drug-likeness (QED) is 0.898. The van der Waals surface area contributed by atoms with Gasteiger partial charge in [-0.2, -0.15) is 0 Å². The molecule has 102 valence electrons. The first-order valence-electron chi connectivity index (χ1n) is 6.30. The van der Waals surface area contributed by atoms with E-state index in [4.69, 9.17) is 0 Å². The van der Waals surface area contributed by atoms with Crippen LogP contribution in [-0.4, -0.2) is 28.8 Å². The molecule has 0 bridgehead atoms. The topological polar surface area (TPSA) is 49.4 Å². The largest absolute Gasteiger partial charge is 0.345 e. The number of amides is 2. The van der Waals surface area contributed by atoms with Crippen molar-refractivity contribution in [3.05, 3.63) is 35.6 Å². The third kappa shape index (κ3) is 2.45. The lowest BCUT2D eigenvalue weighted by molar-refractivity contribution is -0.153. The average Bonchev–Trinajstić information content (AvgIpc) is 2.39. The van der Waals surface area contributed by atoms with Gasteiger partial charge in [-0.05, 0) is 31.0 Å². The maximum absolute atomic E-state index is 13.2. The number of carbonyl (C=O) groups is 2. The van der Waals surface area contributed by atoms with Gasteiger partial charge in [-0.25, -0.2) is 4.39 Å². The minimum absolute atomic E-state index is 0.00371. The van der Waals surface area contributed by atoms with Crippen LogP contribution in [0, 0.1) is 5.82 Å². The van der Waals surface area contributed by atoms with Crippen LogP contribution in [0.1, 0.15) is 25.8 Å². The highest BCUT2D eigenvalue weighted by atomic mass is 19.1. The van der Waals surface area contributed by atoms with Crippen molar-refractivity contribution >= 4 is 11.8 Å². The van der Waals surface area contributed by atoms with Crippen LogP contribution in [0.15, 0.2) is 24.3 Å². The van der Waals surface area contributed by atoms with Gasteiger partial charge in [-0.3, -0.25) is 9.59 Å². The Morgan fingerprint density at radius 1 is 1.42 bits per heavy atom. The lowest BCUT2D eigenvalue weighted by Gasteiger charge is -2.43. The van der Waals surface area contributed by atoms with E-state index in [9.17, 15) is 14.0 Å². The highest BCUT2D eigenvalue weighted by Crippen LogP contribution is 2.25. The molecule has 1 aliphatic heterocycles. The highest BCUT2D eigenvalue weighted by molar-refractivity contribution is 5.97. The molecule has 0 spiro atoms. The second kappa shape index (κ2) is 4.99. The Labute approximate surface area is 111 Å². The van der Waals surface area contributed by atoms with E-state index in [0.717, 1.165) is 0 Å². The molecule has 1 aromatic rings. The summed E-state index contributed by atoms with van der Waals surface area (Å²) >= 11 is 0. The SMILES string of the molecule is CCC1(C)C(=O)NCC(=O)N1Cc1cccc(F)c1. The summed E-state index contributed by atoms with van der Waals surface area (Å²) in [5.74, 6) is -0.649. The first-order valence-corrected chi connectivity index (χ1v) is 6.30. The number of benzene rings is 1. The van der Waals surface area contributed by atoms with Crippen molar-refractivity contribution in [1.29, 1.82) is 0 Å². The number of carbonyl (C=O) groups excluding carboxylic acids is 2. The maximum atomic E-state index is 13.2. The Morgan fingerprint density at radius 2 is 2.16 bits per heavy atom. The van der Waals surface area contributed by atoms with Crippen molar-refractivity contribution in [2.24, 2.45) is 0 Å². The van der Waals surface area contributed by atoms with E-state index in [-0.39, 0.29) is 30.7 Å². The molecule has 2 amide bonds. The van der Waals surface area contributed by atoms with Crippen molar-refractivity contribution < 1.29 is 14.0 Å². The number of halogens is 1. The van der Waals surface area contributed by atoms with Gasteiger partial charge >= 0.3 is 0 Å². The van der Waals surface area contributed by atoms with E-state index >= 15 is 0 Å². The zero-order valence-corrected chi connectivity index (χ0v) is 11.1. The summed E-state index contributed by atoms with van der Waals surface area (Å²) in [4.78, 5) is 25.5. The van der Waals surface area contributed by atoms with E-state index < -0.39 is 5.54 Å². The molecular formula is C14H17FN2O2. The second-order valence-corrected chi connectivity index (χ2v) is 4.92. The fourth-order valence-electron chi connectivity index (χ4n) is 2.27. The number of hydrogen-bond donors (Lipinski definition) is 1. The van der Waals surface area contributed by atoms with Gasteiger partial charge in [0.25, 0.3) is 0 Å². The number of nitrogens with one attached hydrogen (secondary N) is 1. The molecule has 1 aliphatic rings. The summed E-state index contributed by atoms with van der Waals surface area (Å²) in [6.45, 7) is 3.84. The van der Waals surface area contributed by atoms with E-state index in [1.165, 1.54) is 17.0 Å². The Bertz CT molecular complexity index is 518. The molecule has 1 atom stereocenters. The molecule has 1 unspecified atom stereocenters. The molecule has 2 rings (SSSR count). The predicted molar refractivity (Wildman–Crippen MR) is 68.7 cm³/mol. The summed E-state index contributed by atoms with van der Waals surface area (Å²) in [6, 6.07) is 6.09. The average molecular weight is 264 g/mol. The summed E-state index contributed by atoms with van der Waals surface area (Å²) in [7, 11) is 0. The Morgan fingerprint density at radius 3 is 2.79 bits per heavy atom. The van der Waals surface area contributed by atoms with Crippen molar-refractivity contribution in [3.8, 4) is 0 Å². The molecule has 0 radical (unpaired) electrons. The van der Waals surface area contributed by atoms with E-state index in [1.807, 2.05) is 6.92 Å². The Hall–Kier alpha value is -1.91. The van der Waals surface area contributed by atoms with Gasteiger partial charge in [0.15, 0.2) is 0 Å². The van der Waals surface area contributed by atoms with E-state index in [0.29, 0.717) is 12.0 Å². The minimum atomic E-state index is -0.873. The third-order valence-corrected chi connectivity index (χ3v) is 3.70. The molecule has 5 heteroatoms. The van der Waals surface area contributed by atoms with Crippen LogP contribution in [0.5, 0.6) is 0 Å². The van der Waals surface area contributed by atoms with Crippen LogP contribution in [0.4, 0.5) is 4.39 Å². The van der Waals surface area contributed by atoms with Gasteiger partial charge in [0, 0.05) is 6.54 Å². The van der Waals surface area contributed by atoms with Crippen molar-refractivity contribution in [1.82, 2.24) is 10.2 Å². The molecule has 4 nitrogen and oxygen atoms in total. The predicted octanol–water partition coefficient (Wildman–Crippen LogP) is 1.45. The summed E-state index contributed by atoms with van der Waals surface area (Å²) < 4.78 is 13.2. The smallest absolute Gasteiger partial charge is 0.246 e. The fourth-order valence-corrected chi connectivity index (χ4v) is 2.27. The number of rotatable bonds is 3. The highest BCUT2D eigenvalue weighted by Gasteiger charge is 2.43. The van der Waals surface area contributed by atoms with E-state index in [2.05, 4.69) is 5.32 Å². The van der Waals surface area contributed by atoms with Crippen molar-refractivity contribution in [2.45, 2.75) is 32.4 Å². The number of piperazine rings is 1. The number of nitrogens with zero attached hydrogens (tertiary/aromatic N) is 1.